The Kier molecular flexibility index (Phi) is 8.78. The normalized spacial score (nSPS) is 9.97. The Morgan fingerprint density at radius 3 is 2.27 bits per heavy atom. The molecule has 2 aromatic carbocycles. The van der Waals surface area contributed by atoms with E-state index in [1.54, 1.807) is 31.9 Å². The van der Waals surface area contributed by atoms with Gasteiger partial charge in [-0.3, -0.25) is 13.9 Å². The Balaban J connectivity index is 0.000000215. The fourth-order valence-corrected chi connectivity index (χ4v) is 2.96. The highest BCUT2D eigenvalue weighted by molar-refractivity contribution is 5.78. The Bertz CT molecular complexity index is 1080. The number of rotatable bonds is 8. The first-order valence-electron chi connectivity index (χ1n) is 10.2. The van der Waals surface area contributed by atoms with E-state index in [-0.39, 0.29) is 6.03 Å². The van der Waals surface area contributed by atoms with Crippen molar-refractivity contribution in [2.45, 2.75) is 13.0 Å². The maximum atomic E-state index is 11.4. The number of benzene rings is 2. The van der Waals surface area contributed by atoms with Gasteiger partial charge in [-0.2, -0.15) is 0 Å². The summed E-state index contributed by atoms with van der Waals surface area (Å²) in [6.07, 6.45) is 10.6. The van der Waals surface area contributed by atoms with Crippen molar-refractivity contribution in [3.63, 3.8) is 0 Å². The molecule has 0 bridgehead atoms. The SMILES string of the molecule is COc1cccc(CCNC=O)c1OCc1ccccc1.O=C(n1ccnc1)n1ccnc1. The van der Waals surface area contributed by atoms with Crippen LogP contribution >= 0.6 is 0 Å². The molecule has 2 aromatic heterocycles. The molecule has 0 fully saturated rings. The fourth-order valence-electron chi connectivity index (χ4n) is 2.96. The van der Waals surface area contributed by atoms with Crippen molar-refractivity contribution in [2.75, 3.05) is 13.7 Å². The summed E-state index contributed by atoms with van der Waals surface area (Å²) in [5.74, 6) is 1.44. The number of para-hydroxylation sites is 1. The van der Waals surface area contributed by atoms with Gasteiger partial charge in [0, 0.05) is 31.3 Å². The molecule has 0 aliphatic heterocycles. The maximum Gasteiger partial charge on any atom is 0.338 e. The summed E-state index contributed by atoms with van der Waals surface area (Å²) in [5.41, 5.74) is 2.11. The smallest absolute Gasteiger partial charge is 0.338 e. The molecule has 1 N–H and O–H groups in total. The summed E-state index contributed by atoms with van der Waals surface area (Å²) < 4.78 is 14.1. The van der Waals surface area contributed by atoms with Gasteiger partial charge in [-0.25, -0.2) is 14.8 Å². The van der Waals surface area contributed by atoms with Gasteiger partial charge in [0.25, 0.3) is 0 Å². The van der Waals surface area contributed by atoms with Gasteiger partial charge in [0.05, 0.1) is 7.11 Å². The minimum absolute atomic E-state index is 0.190. The molecule has 0 spiro atoms. The van der Waals surface area contributed by atoms with Crippen LogP contribution in [-0.2, 0) is 17.8 Å². The van der Waals surface area contributed by atoms with E-state index in [2.05, 4.69) is 15.3 Å². The highest BCUT2D eigenvalue weighted by Crippen LogP contribution is 2.32. The van der Waals surface area contributed by atoms with Crippen molar-refractivity contribution in [3.05, 3.63) is 97.1 Å². The molecule has 1 amide bonds. The van der Waals surface area contributed by atoms with Crippen LogP contribution < -0.4 is 14.8 Å². The third-order valence-corrected chi connectivity index (χ3v) is 4.58. The van der Waals surface area contributed by atoms with Crippen LogP contribution in [0.2, 0.25) is 0 Å². The quantitative estimate of drug-likeness (QED) is 0.329. The number of methoxy groups -OCH3 is 1. The second-order valence-corrected chi connectivity index (χ2v) is 6.77. The minimum Gasteiger partial charge on any atom is -0.493 e. The van der Waals surface area contributed by atoms with E-state index in [1.165, 1.54) is 21.8 Å². The summed E-state index contributed by atoms with van der Waals surface area (Å²) in [5, 5.41) is 2.66. The van der Waals surface area contributed by atoms with Crippen molar-refractivity contribution in [1.82, 2.24) is 24.4 Å². The van der Waals surface area contributed by atoms with Gasteiger partial charge >= 0.3 is 6.03 Å². The first kappa shape index (κ1) is 23.3. The predicted octanol–water partition coefficient (Wildman–Crippen LogP) is 3.16. The van der Waals surface area contributed by atoms with Crippen molar-refractivity contribution < 1.29 is 19.1 Å². The monoisotopic (exact) mass is 447 g/mol. The van der Waals surface area contributed by atoms with Crippen LogP contribution in [0, 0.1) is 0 Å². The van der Waals surface area contributed by atoms with Crippen molar-refractivity contribution in [3.8, 4) is 11.5 Å². The molecule has 0 saturated carbocycles. The van der Waals surface area contributed by atoms with Gasteiger partial charge in [0.15, 0.2) is 11.5 Å². The number of hydrogen-bond donors (Lipinski definition) is 1. The third-order valence-electron chi connectivity index (χ3n) is 4.58. The fraction of sp³-hybridized carbons (Fsp3) is 0.167. The predicted molar refractivity (Wildman–Crippen MR) is 122 cm³/mol. The molecule has 0 aliphatic rings. The molecule has 0 atom stereocenters. The lowest BCUT2D eigenvalue weighted by molar-refractivity contribution is -0.109. The Morgan fingerprint density at radius 1 is 1.00 bits per heavy atom. The molecule has 2 heterocycles. The highest BCUT2D eigenvalue weighted by atomic mass is 16.5. The Labute approximate surface area is 191 Å². The first-order chi connectivity index (χ1) is 16.2. The molecule has 0 radical (unpaired) electrons. The van der Waals surface area contributed by atoms with Crippen LogP contribution in [0.25, 0.3) is 0 Å². The average molecular weight is 447 g/mol. The number of carbonyl (C=O) groups is 2. The molecular formula is C24H25N5O4. The number of carbonyl (C=O) groups excluding carboxylic acids is 2. The van der Waals surface area contributed by atoms with Gasteiger partial charge < -0.3 is 14.8 Å². The molecule has 4 rings (SSSR count). The zero-order valence-electron chi connectivity index (χ0n) is 18.2. The Morgan fingerprint density at radius 2 is 1.70 bits per heavy atom. The summed E-state index contributed by atoms with van der Waals surface area (Å²) >= 11 is 0. The molecule has 33 heavy (non-hydrogen) atoms. The van der Waals surface area contributed by atoms with Crippen LogP contribution in [-0.4, -0.2) is 45.2 Å². The van der Waals surface area contributed by atoms with Gasteiger partial charge in [0.2, 0.25) is 6.41 Å². The van der Waals surface area contributed by atoms with E-state index < -0.39 is 0 Å². The largest absolute Gasteiger partial charge is 0.493 e. The maximum absolute atomic E-state index is 11.4. The summed E-state index contributed by atoms with van der Waals surface area (Å²) in [6.45, 7) is 1.05. The zero-order valence-corrected chi connectivity index (χ0v) is 18.2. The second kappa shape index (κ2) is 12.5. The molecule has 9 heteroatoms. The number of hydrogen-bond acceptors (Lipinski definition) is 6. The second-order valence-electron chi connectivity index (χ2n) is 6.77. The molecule has 0 unspecified atom stereocenters. The molecule has 0 aliphatic carbocycles. The van der Waals surface area contributed by atoms with Gasteiger partial charge in [-0.15, -0.1) is 0 Å². The van der Waals surface area contributed by atoms with Gasteiger partial charge in [0.1, 0.15) is 19.3 Å². The third kappa shape index (κ3) is 6.79. The van der Waals surface area contributed by atoms with E-state index in [4.69, 9.17) is 9.47 Å². The van der Waals surface area contributed by atoms with Crippen LogP contribution in [0.5, 0.6) is 11.5 Å². The first-order valence-corrected chi connectivity index (χ1v) is 10.2. The van der Waals surface area contributed by atoms with Crippen molar-refractivity contribution >= 4 is 12.4 Å². The van der Waals surface area contributed by atoms with E-state index in [1.807, 2.05) is 48.5 Å². The lowest BCUT2D eigenvalue weighted by Gasteiger charge is -2.15. The number of nitrogens with one attached hydrogen (secondary N) is 1. The summed E-state index contributed by atoms with van der Waals surface area (Å²) in [7, 11) is 1.62. The number of aromatic nitrogens is 4. The Hall–Kier alpha value is -4.40. The van der Waals surface area contributed by atoms with Crippen LogP contribution in [0.15, 0.2) is 86.0 Å². The standard InChI is InChI=1S/C17H19NO3.C7H6N4O/c1-20-16-9-5-8-15(10-11-18-13-19)17(16)21-12-14-6-3-2-4-7-14;12-7(10-3-1-8-5-10)11-4-2-9-6-11/h2-9,13H,10-12H2,1H3,(H,18,19);1-6H. The van der Waals surface area contributed by atoms with Crippen LogP contribution in [0.4, 0.5) is 4.79 Å². The molecule has 170 valence electrons. The average Bonchev–Trinajstić information content (AvgIpc) is 3.59. The molecule has 4 aromatic rings. The number of ether oxygens (including phenoxy) is 2. The van der Waals surface area contributed by atoms with E-state index in [9.17, 15) is 9.59 Å². The summed E-state index contributed by atoms with van der Waals surface area (Å²) in [4.78, 5) is 29.3. The topological polar surface area (TPSA) is 100 Å². The molecule has 9 nitrogen and oxygen atoms in total. The van der Waals surface area contributed by atoms with Gasteiger partial charge in [-0.1, -0.05) is 42.5 Å². The van der Waals surface area contributed by atoms with Crippen molar-refractivity contribution in [1.29, 1.82) is 0 Å². The van der Waals surface area contributed by atoms with E-state index in [0.717, 1.165) is 16.9 Å². The van der Waals surface area contributed by atoms with Gasteiger partial charge in [-0.05, 0) is 23.6 Å². The van der Waals surface area contributed by atoms with Crippen LogP contribution in [0.3, 0.4) is 0 Å². The number of amides is 1. The molecular weight excluding hydrogens is 422 g/mol. The number of nitrogens with zero attached hydrogens (tertiary/aromatic N) is 4. The van der Waals surface area contributed by atoms with Crippen LogP contribution in [0.1, 0.15) is 11.1 Å². The number of imidazole rings is 2. The van der Waals surface area contributed by atoms with E-state index in [0.29, 0.717) is 31.7 Å². The van der Waals surface area contributed by atoms with Crippen molar-refractivity contribution in [2.24, 2.45) is 0 Å². The zero-order chi connectivity index (χ0) is 23.3. The lowest BCUT2D eigenvalue weighted by Crippen LogP contribution is -2.15. The minimum atomic E-state index is -0.190. The van der Waals surface area contributed by atoms with E-state index >= 15 is 0 Å². The summed E-state index contributed by atoms with van der Waals surface area (Å²) in [6, 6.07) is 15.6. The highest BCUT2D eigenvalue weighted by Gasteiger charge is 2.10. The molecule has 0 saturated heterocycles. The lowest BCUT2D eigenvalue weighted by atomic mass is 10.1.